The van der Waals surface area contributed by atoms with E-state index in [1.54, 1.807) is 0 Å². The standard InChI is InChI=1S/C15H23N3OS/c1-17(2)14-6-4-13(5-7-14)12-16-15(19)18-8-3-10-20-11-9-18/h4-7H,3,8-12H2,1-2H3,(H,16,19). The number of nitrogens with zero attached hydrogens (tertiary/aromatic N) is 2. The van der Waals surface area contributed by atoms with E-state index in [0.717, 1.165) is 36.6 Å². The molecule has 1 aliphatic heterocycles. The molecule has 2 amide bonds. The van der Waals surface area contributed by atoms with Crippen molar-refractivity contribution in [2.45, 2.75) is 13.0 Å². The molecule has 1 saturated heterocycles. The van der Waals surface area contributed by atoms with E-state index in [1.165, 1.54) is 5.69 Å². The SMILES string of the molecule is CN(C)c1ccc(CNC(=O)N2CCCSCC2)cc1. The van der Waals surface area contributed by atoms with Crippen molar-refractivity contribution in [3.05, 3.63) is 29.8 Å². The molecule has 0 saturated carbocycles. The molecule has 1 aliphatic rings. The van der Waals surface area contributed by atoms with Crippen molar-refractivity contribution in [2.24, 2.45) is 0 Å². The van der Waals surface area contributed by atoms with E-state index >= 15 is 0 Å². The fourth-order valence-corrected chi connectivity index (χ4v) is 3.04. The maximum Gasteiger partial charge on any atom is 0.317 e. The Labute approximate surface area is 125 Å². The summed E-state index contributed by atoms with van der Waals surface area (Å²) >= 11 is 1.93. The first kappa shape index (κ1) is 15.0. The van der Waals surface area contributed by atoms with Crippen LogP contribution in [0.25, 0.3) is 0 Å². The van der Waals surface area contributed by atoms with Gasteiger partial charge >= 0.3 is 6.03 Å². The third kappa shape index (κ3) is 4.34. The maximum absolute atomic E-state index is 12.1. The summed E-state index contributed by atoms with van der Waals surface area (Å²) in [5, 5.41) is 3.01. The lowest BCUT2D eigenvalue weighted by Gasteiger charge is -2.20. The summed E-state index contributed by atoms with van der Waals surface area (Å²) in [5.41, 5.74) is 2.30. The number of nitrogens with one attached hydrogen (secondary N) is 1. The number of anilines is 1. The fourth-order valence-electron chi connectivity index (χ4n) is 2.15. The Balaban J connectivity index is 1.83. The minimum Gasteiger partial charge on any atom is -0.378 e. The molecule has 1 heterocycles. The predicted molar refractivity (Wildman–Crippen MR) is 86.5 cm³/mol. The molecule has 4 nitrogen and oxygen atoms in total. The Bertz CT molecular complexity index is 425. The van der Waals surface area contributed by atoms with Crippen molar-refractivity contribution in [1.82, 2.24) is 10.2 Å². The van der Waals surface area contributed by atoms with Gasteiger partial charge in [0.1, 0.15) is 0 Å². The van der Waals surface area contributed by atoms with Gasteiger partial charge in [0.2, 0.25) is 0 Å². The van der Waals surface area contributed by atoms with Crippen molar-refractivity contribution < 1.29 is 4.79 Å². The average molecular weight is 293 g/mol. The lowest BCUT2D eigenvalue weighted by Crippen LogP contribution is -2.40. The van der Waals surface area contributed by atoms with Crippen LogP contribution in [0.15, 0.2) is 24.3 Å². The van der Waals surface area contributed by atoms with Crippen LogP contribution in [0.1, 0.15) is 12.0 Å². The minimum absolute atomic E-state index is 0.0594. The van der Waals surface area contributed by atoms with Gasteiger partial charge in [-0.05, 0) is 29.9 Å². The van der Waals surface area contributed by atoms with Crippen LogP contribution in [0.4, 0.5) is 10.5 Å². The van der Waals surface area contributed by atoms with Crippen LogP contribution in [0.3, 0.4) is 0 Å². The third-order valence-electron chi connectivity index (χ3n) is 3.41. The summed E-state index contributed by atoms with van der Waals surface area (Å²) in [5.74, 6) is 2.21. The lowest BCUT2D eigenvalue weighted by molar-refractivity contribution is 0.201. The summed E-state index contributed by atoms with van der Waals surface area (Å²) in [4.78, 5) is 16.1. The Morgan fingerprint density at radius 3 is 2.70 bits per heavy atom. The number of thioether (sulfide) groups is 1. The van der Waals surface area contributed by atoms with Crippen molar-refractivity contribution in [1.29, 1.82) is 0 Å². The lowest BCUT2D eigenvalue weighted by atomic mass is 10.2. The molecule has 1 aromatic carbocycles. The van der Waals surface area contributed by atoms with Gasteiger partial charge in [0, 0.05) is 45.2 Å². The van der Waals surface area contributed by atoms with Crippen LogP contribution < -0.4 is 10.2 Å². The monoisotopic (exact) mass is 293 g/mol. The highest BCUT2D eigenvalue weighted by molar-refractivity contribution is 7.99. The molecule has 1 fully saturated rings. The largest absolute Gasteiger partial charge is 0.378 e. The molecule has 1 N–H and O–H groups in total. The second kappa shape index (κ2) is 7.43. The third-order valence-corrected chi connectivity index (χ3v) is 4.45. The van der Waals surface area contributed by atoms with E-state index in [2.05, 4.69) is 34.5 Å². The smallest absolute Gasteiger partial charge is 0.317 e. The van der Waals surface area contributed by atoms with Gasteiger partial charge in [-0.2, -0.15) is 11.8 Å². The number of carbonyl (C=O) groups is 1. The number of rotatable bonds is 3. The summed E-state index contributed by atoms with van der Waals surface area (Å²) in [6.45, 7) is 2.32. The van der Waals surface area contributed by atoms with Crippen molar-refractivity contribution in [3.63, 3.8) is 0 Å². The highest BCUT2D eigenvalue weighted by atomic mass is 32.2. The van der Waals surface area contributed by atoms with Crippen LogP contribution in [-0.2, 0) is 6.54 Å². The Morgan fingerprint density at radius 2 is 2.00 bits per heavy atom. The Kier molecular flexibility index (Phi) is 5.59. The molecule has 1 aromatic rings. The van der Waals surface area contributed by atoms with Gasteiger partial charge in [0.15, 0.2) is 0 Å². The number of urea groups is 1. The van der Waals surface area contributed by atoms with E-state index in [4.69, 9.17) is 0 Å². The second-order valence-electron chi connectivity index (χ2n) is 5.17. The summed E-state index contributed by atoms with van der Waals surface area (Å²) in [6, 6.07) is 8.33. The second-order valence-corrected chi connectivity index (χ2v) is 6.40. The zero-order chi connectivity index (χ0) is 14.4. The molecule has 0 atom stereocenters. The number of amides is 2. The van der Waals surface area contributed by atoms with Crippen LogP contribution in [0.5, 0.6) is 0 Å². The highest BCUT2D eigenvalue weighted by Gasteiger charge is 2.14. The van der Waals surface area contributed by atoms with Gasteiger partial charge in [0.05, 0.1) is 0 Å². The Morgan fingerprint density at radius 1 is 1.25 bits per heavy atom. The van der Waals surface area contributed by atoms with Crippen molar-refractivity contribution in [2.75, 3.05) is 43.6 Å². The van der Waals surface area contributed by atoms with Crippen LogP contribution in [0, 0.1) is 0 Å². The van der Waals surface area contributed by atoms with E-state index < -0.39 is 0 Å². The Hall–Kier alpha value is -1.36. The van der Waals surface area contributed by atoms with Gasteiger partial charge in [-0.15, -0.1) is 0 Å². The first-order valence-corrected chi connectivity index (χ1v) is 8.19. The molecule has 2 rings (SSSR count). The molecule has 110 valence electrons. The topological polar surface area (TPSA) is 35.6 Å². The molecule has 0 spiro atoms. The zero-order valence-electron chi connectivity index (χ0n) is 12.3. The van der Waals surface area contributed by atoms with E-state index in [9.17, 15) is 4.79 Å². The van der Waals surface area contributed by atoms with Crippen LogP contribution >= 0.6 is 11.8 Å². The van der Waals surface area contributed by atoms with Crippen molar-refractivity contribution in [3.8, 4) is 0 Å². The van der Waals surface area contributed by atoms with Gasteiger partial charge in [0.25, 0.3) is 0 Å². The maximum atomic E-state index is 12.1. The molecule has 0 unspecified atom stereocenters. The van der Waals surface area contributed by atoms with E-state index in [-0.39, 0.29) is 6.03 Å². The molecule has 0 bridgehead atoms. The molecule has 5 heteroatoms. The van der Waals surface area contributed by atoms with Gasteiger partial charge in [-0.25, -0.2) is 4.79 Å². The number of benzene rings is 1. The molecule has 20 heavy (non-hydrogen) atoms. The van der Waals surface area contributed by atoms with Gasteiger partial charge in [-0.3, -0.25) is 0 Å². The van der Waals surface area contributed by atoms with Crippen LogP contribution in [-0.4, -0.2) is 49.6 Å². The van der Waals surface area contributed by atoms with Crippen molar-refractivity contribution >= 4 is 23.5 Å². The number of hydrogen-bond donors (Lipinski definition) is 1. The first-order chi connectivity index (χ1) is 9.66. The summed E-state index contributed by atoms with van der Waals surface area (Å²) < 4.78 is 0. The number of carbonyl (C=O) groups excluding carboxylic acids is 1. The molecular weight excluding hydrogens is 270 g/mol. The van der Waals surface area contributed by atoms with E-state index in [0.29, 0.717) is 6.54 Å². The van der Waals surface area contributed by atoms with E-state index in [1.807, 2.05) is 30.8 Å². The predicted octanol–water partition coefficient (Wildman–Crippen LogP) is 2.40. The minimum atomic E-state index is 0.0594. The molecule has 0 aromatic heterocycles. The molecular formula is C15H23N3OS. The van der Waals surface area contributed by atoms with Gasteiger partial charge in [-0.1, -0.05) is 12.1 Å². The summed E-state index contributed by atoms with van der Waals surface area (Å²) in [6.07, 6.45) is 1.09. The van der Waals surface area contributed by atoms with Crippen LogP contribution in [0.2, 0.25) is 0 Å². The normalized spacial score (nSPS) is 15.6. The number of hydrogen-bond acceptors (Lipinski definition) is 3. The molecule has 0 radical (unpaired) electrons. The fraction of sp³-hybridized carbons (Fsp3) is 0.533. The molecule has 0 aliphatic carbocycles. The quantitative estimate of drug-likeness (QED) is 0.929. The summed E-state index contributed by atoms with van der Waals surface area (Å²) in [7, 11) is 4.04. The van der Waals surface area contributed by atoms with Gasteiger partial charge < -0.3 is 15.1 Å². The first-order valence-electron chi connectivity index (χ1n) is 7.03. The highest BCUT2D eigenvalue weighted by Crippen LogP contribution is 2.13. The zero-order valence-corrected chi connectivity index (χ0v) is 13.1. The average Bonchev–Trinajstić information content (AvgIpc) is 2.74.